The lowest BCUT2D eigenvalue weighted by Gasteiger charge is -2.18. The first-order chi connectivity index (χ1) is 14.7. The summed E-state index contributed by atoms with van der Waals surface area (Å²) >= 11 is 0. The molecule has 1 atom stereocenters. The minimum absolute atomic E-state index is 0.146. The Labute approximate surface area is 176 Å². The second-order valence-electron chi connectivity index (χ2n) is 7.21. The molecule has 1 heterocycles. The second kappa shape index (κ2) is 9.23. The summed E-state index contributed by atoms with van der Waals surface area (Å²) in [5.74, 6) is 0.579. The maximum atomic E-state index is 12.8. The number of nitrogens with zero attached hydrogens (tertiary/aromatic N) is 1. The lowest BCUT2D eigenvalue weighted by atomic mass is 10.1. The van der Waals surface area contributed by atoms with E-state index in [2.05, 4.69) is 10.3 Å². The minimum Gasteiger partial charge on any atom is -0.480 e. The lowest BCUT2D eigenvalue weighted by molar-refractivity contribution is -0.122. The van der Waals surface area contributed by atoms with Crippen molar-refractivity contribution in [2.45, 2.75) is 25.9 Å². The van der Waals surface area contributed by atoms with Gasteiger partial charge in [-0.05, 0) is 59.7 Å². The van der Waals surface area contributed by atoms with Gasteiger partial charge < -0.3 is 10.1 Å². The highest BCUT2D eigenvalue weighted by Gasteiger charge is 2.19. The molecule has 0 aliphatic carbocycles. The Balaban J connectivity index is 1.43. The molecule has 1 N–H and O–H groups in total. The van der Waals surface area contributed by atoms with E-state index in [1.165, 1.54) is 11.1 Å². The second-order valence-corrected chi connectivity index (χ2v) is 7.21. The third kappa shape index (κ3) is 4.66. The minimum atomic E-state index is -0.563. The Morgan fingerprint density at radius 1 is 0.900 bits per heavy atom. The van der Waals surface area contributed by atoms with Crippen LogP contribution in [0.15, 0.2) is 91.3 Å². The number of nitrogens with one attached hydrogen (secondary N) is 1. The Morgan fingerprint density at radius 2 is 1.60 bits per heavy atom. The zero-order valence-corrected chi connectivity index (χ0v) is 16.9. The first kappa shape index (κ1) is 19.6. The largest absolute Gasteiger partial charge is 0.480 e. The van der Waals surface area contributed by atoms with E-state index < -0.39 is 6.10 Å². The van der Waals surface area contributed by atoms with Gasteiger partial charge in [-0.2, -0.15) is 0 Å². The number of carbonyl (C=O) groups is 1. The van der Waals surface area contributed by atoms with Crippen LogP contribution in [0.25, 0.3) is 10.8 Å². The molecule has 4 heteroatoms. The first-order valence-electron chi connectivity index (χ1n) is 10.2. The van der Waals surface area contributed by atoms with E-state index in [1.54, 1.807) is 12.4 Å². The molecule has 0 fully saturated rings. The van der Waals surface area contributed by atoms with Gasteiger partial charge in [-0.15, -0.1) is 0 Å². The first-order valence-corrected chi connectivity index (χ1v) is 10.2. The molecule has 0 saturated carbocycles. The summed E-state index contributed by atoms with van der Waals surface area (Å²) in [5.41, 5.74) is 3.15. The van der Waals surface area contributed by atoms with Gasteiger partial charge >= 0.3 is 0 Å². The Morgan fingerprint density at radius 3 is 2.37 bits per heavy atom. The lowest BCUT2D eigenvalue weighted by Crippen LogP contribution is -2.32. The van der Waals surface area contributed by atoms with E-state index in [-0.39, 0.29) is 5.91 Å². The SMILES string of the molecule is CCC(Oc1cccc2ccccc12)C(=O)Nc1ccc(Cc2ccncc2)cc1. The van der Waals surface area contributed by atoms with Crippen molar-refractivity contribution in [1.82, 2.24) is 4.98 Å². The smallest absolute Gasteiger partial charge is 0.265 e. The molecule has 150 valence electrons. The van der Waals surface area contributed by atoms with Crippen molar-refractivity contribution in [3.05, 3.63) is 102 Å². The number of hydrogen-bond acceptors (Lipinski definition) is 3. The monoisotopic (exact) mass is 396 g/mol. The summed E-state index contributed by atoms with van der Waals surface area (Å²) in [6.07, 6.45) is 4.44. The van der Waals surface area contributed by atoms with Crippen LogP contribution in [0.5, 0.6) is 5.75 Å². The fourth-order valence-electron chi connectivity index (χ4n) is 3.44. The average Bonchev–Trinajstić information content (AvgIpc) is 2.79. The van der Waals surface area contributed by atoms with Gasteiger partial charge in [-0.25, -0.2) is 0 Å². The quantitative estimate of drug-likeness (QED) is 0.441. The van der Waals surface area contributed by atoms with Crippen molar-refractivity contribution in [2.24, 2.45) is 0 Å². The number of carbonyl (C=O) groups excluding carboxylic acids is 1. The standard InChI is InChI=1S/C26H24N2O2/c1-2-24(30-25-9-5-7-21-6-3-4-8-23(21)25)26(29)28-22-12-10-19(11-13-22)18-20-14-16-27-17-15-20/h3-17,24H,2,18H2,1H3,(H,28,29). The van der Waals surface area contributed by atoms with Gasteiger partial charge in [0.15, 0.2) is 6.10 Å². The van der Waals surface area contributed by atoms with Crippen molar-refractivity contribution in [3.63, 3.8) is 0 Å². The van der Waals surface area contributed by atoms with Crippen LogP contribution in [-0.2, 0) is 11.2 Å². The van der Waals surface area contributed by atoms with E-state index in [4.69, 9.17) is 4.74 Å². The highest BCUT2D eigenvalue weighted by Crippen LogP contribution is 2.27. The van der Waals surface area contributed by atoms with Crippen LogP contribution in [0.2, 0.25) is 0 Å². The van der Waals surface area contributed by atoms with Gasteiger partial charge in [0.1, 0.15) is 5.75 Å². The molecule has 0 aliphatic heterocycles. The molecule has 30 heavy (non-hydrogen) atoms. The number of hydrogen-bond donors (Lipinski definition) is 1. The number of ether oxygens (including phenoxy) is 1. The maximum absolute atomic E-state index is 12.8. The predicted molar refractivity (Wildman–Crippen MR) is 121 cm³/mol. The van der Waals surface area contributed by atoms with Crippen molar-refractivity contribution in [3.8, 4) is 5.75 Å². The van der Waals surface area contributed by atoms with Gasteiger partial charge in [0.2, 0.25) is 0 Å². The number of benzene rings is 3. The fourth-order valence-corrected chi connectivity index (χ4v) is 3.44. The third-order valence-corrected chi connectivity index (χ3v) is 5.06. The summed E-state index contributed by atoms with van der Waals surface area (Å²) in [7, 11) is 0. The molecule has 0 bridgehead atoms. The van der Waals surface area contributed by atoms with Crippen molar-refractivity contribution in [1.29, 1.82) is 0 Å². The molecular formula is C26H24N2O2. The fraction of sp³-hybridized carbons (Fsp3) is 0.154. The molecule has 0 aliphatic rings. The molecule has 0 saturated heterocycles. The summed E-state index contributed by atoms with van der Waals surface area (Å²) in [6.45, 7) is 1.95. The Bertz CT molecular complexity index is 1120. The molecule has 1 aromatic heterocycles. The molecule has 4 rings (SSSR count). The Kier molecular flexibility index (Phi) is 6.04. The number of aromatic nitrogens is 1. The van der Waals surface area contributed by atoms with Gasteiger partial charge in [0.05, 0.1) is 0 Å². The molecule has 1 amide bonds. The number of anilines is 1. The molecular weight excluding hydrogens is 372 g/mol. The molecule has 0 spiro atoms. The third-order valence-electron chi connectivity index (χ3n) is 5.06. The summed E-state index contributed by atoms with van der Waals surface area (Å²) in [4.78, 5) is 16.9. The molecule has 1 unspecified atom stereocenters. The number of rotatable bonds is 7. The van der Waals surface area contributed by atoms with Gasteiger partial charge in [0.25, 0.3) is 5.91 Å². The summed E-state index contributed by atoms with van der Waals surface area (Å²) in [6, 6.07) is 25.8. The van der Waals surface area contributed by atoms with Crippen LogP contribution in [0.4, 0.5) is 5.69 Å². The van der Waals surface area contributed by atoms with Crippen LogP contribution in [0.1, 0.15) is 24.5 Å². The van der Waals surface area contributed by atoms with Gasteiger partial charge in [0, 0.05) is 23.5 Å². The normalized spacial score (nSPS) is 11.8. The highest BCUT2D eigenvalue weighted by atomic mass is 16.5. The van der Waals surface area contributed by atoms with Crippen LogP contribution in [0.3, 0.4) is 0 Å². The topological polar surface area (TPSA) is 51.2 Å². The van der Waals surface area contributed by atoms with E-state index in [9.17, 15) is 4.79 Å². The van der Waals surface area contributed by atoms with E-state index >= 15 is 0 Å². The van der Waals surface area contributed by atoms with E-state index in [0.29, 0.717) is 6.42 Å². The van der Waals surface area contributed by atoms with Crippen LogP contribution in [0, 0.1) is 0 Å². The number of pyridine rings is 1. The zero-order valence-electron chi connectivity index (χ0n) is 16.9. The van der Waals surface area contributed by atoms with Crippen molar-refractivity contribution < 1.29 is 9.53 Å². The average molecular weight is 396 g/mol. The van der Waals surface area contributed by atoms with E-state index in [1.807, 2.05) is 85.8 Å². The van der Waals surface area contributed by atoms with Crippen molar-refractivity contribution in [2.75, 3.05) is 5.32 Å². The zero-order chi connectivity index (χ0) is 20.8. The van der Waals surface area contributed by atoms with Gasteiger partial charge in [-0.3, -0.25) is 9.78 Å². The van der Waals surface area contributed by atoms with Crippen LogP contribution in [-0.4, -0.2) is 17.0 Å². The molecule has 4 aromatic rings. The molecule has 3 aromatic carbocycles. The summed E-state index contributed by atoms with van der Waals surface area (Å²) in [5, 5.41) is 5.08. The van der Waals surface area contributed by atoms with Crippen molar-refractivity contribution >= 4 is 22.4 Å². The Hall–Kier alpha value is -3.66. The van der Waals surface area contributed by atoms with Crippen LogP contribution < -0.4 is 10.1 Å². The number of amides is 1. The summed E-state index contributed by atoms with van der Waals surface area (Å²) < 4.78 is 6.10. The molecule has 4 nitrogen and oxygen atoms in total. The van der Waals surface area contributed by atoms with E-state index in [0.717, 1.165) is 28.6 Å². The maximum Gasteiger partial charge on any atom is 0.265 e. The molecule has 0 radical (unpaired) electrons. The number of fused-ring (bicyclic) bond motifs is 1. The highest BCUT2D eigenvalue weighted by molar-refractivity contribution is 5.95. The van der Waals surface area contributed by atoms with Crippen LogP contribution >= 0.6 is 0 Å². The predicted octanol–water partition coefficient (Wildman–Crippen LogP) is 5.62. The van der Waals surface area contributed by atoms with Gasteiger partial charge in [-0.1, -0.05) is 55.5 Å².